The second-order valence-electron chi connectivity index (χ2n) is 1.87. The highest BCUT2D eigenvalue weighted by Gasteiger charge is 2.03. The molecule has 0 saturated carbocycles. The van der Waals surface area contributed by atoms with Crippen LogP contribution in [0.15, 0.2) is 22.8 Å². The van der Waals surface area contributed by atoms with Crippen molar-refractivity contribution in [2.45, 2.75) is 12.8 Å². The van der Waals surface area contributed by atoms with E-state index >= 15 is 0 Å². The standard InChI is InChI=1S/C7H7NO/c1-6(5-8)7-3-2-4-9-7/h2-4,6H,1H3/t6-/m1/s1. The van der Waals surface area contributed by atoms with E-state index in [9.17, 15) is 0 Å². The third-order valence-corrected chi connectivity index (χ3v) is 1.16. The number of nitriles is 1. The van der Waals surface area contributed by atoms with Crippen LogP contribution >= 0.6 is 0 Å². The molecule has 2 nitrogen and oxygen atoms in total. The molecule has 1 rings (SSSR count). The highest BCUT2D eigenvalue weighted by molar-refractivity contribution is 5.11. The van der Waals surface area contributed by atoms with Gasteiger partial charge in [0.05, 0.1) is 12.3 Å². The lowest BCUT2D eigenvalue weighted by atomic mass is 10.1. The smallest absolute Gasteiger partial charge is 0.120 e. The van der Waals surface area contributed by atoms with Crippen LogP contribution in [0.4, 0.5) is 0 Å². The molecule has 0 bridgehead atoms. The van der Waals surface area contributed by atoms with Gasteiger partial charge in [0, 0.05) is 0 Å². The van der Waals surface area contributed by atoms with E-state index in [0.29, 0.717) is 0 Å². The maximum atomic E-state index is 8.40. The third kappa shape index (κ3) is 1.11. The van der Waals surface area contributed by atoms with Crippen molar-refractivity contribution in [3.8, 4) is 6.07 Å². The fraction of sp³-hybridized carbons (Fsp3) is 0.286. The van der Waals surface area contributed by atoms with Crippen LogP contribution in [0, 0.1) is 11.3 Å². The Morgan fingerprint density at radius 1 is 1.78 bits per heavy atom. The van der Waals surface area contributed by atoms with Gasteiger partial charge < -0.3 is 4.42 Å². The Balaban J connectivity index is 2.80. The van der Waals surface area contributed by atoms with Gasteiger partial charge in [-0.25, -0.2) is 0 Å². The first-order valence-electron chi connectivity index (χ1n) is 2.77. The van der Waals surface area contributed by atoms with Crippen molar-refractivity contribution in [3.63, 3.8) is 0 Å². The van der Waals surface area contributed by atoms with Gasteiger partial charge in [-0.3, -0.25) is 0 Å². The summed E-state index contributed by atoms with van der Waals surface area (Å²) in [6.07, 6.45) is 1.57. The molecule has 0 saturated heterocycles. The molecule has 1 heterocycles. The van der Waals surface area contributed by atoms with Crippen LogP contribution in [-0.2, 0) is 0 Å². The molecule has 0 aliphatic heterocycles. The van der Waals surface area contributed by atoms with E-state index in [1.165, 1.54) is 0 Å². The molecule has 0 spiro atoms. The summed E-state index contributed by atoms with van der Waals surface area (Å²) in [5, 5.41) is 8.40. The Morgan fingerprint density at radius 3 is 3.00 bits per heavy atom. The lowest BCUT2D eigenvalue weighted by Crippen LogP contribution is -1.83. The maximum Gasteiger partial charge on any atom is 0.120 e. The third-order valence-electron chi connectivity index (χ3n) is 1.16. The number of hydrogen-bond donors (Lipinski definition) is 0. The maximum absolute atomic E-state index is 8.40. The molecule has 0 unspecified atom stereocenters. The van der Waals surface area contributed by atoms with Crippen molar-refractivity contribution in [2.24, 2.45) is 0 Å². The molecule has 0 fully saturated rings. The van der Waals surface area contributed by atoms with E-state index in [2.05, 4.69) is 6.07 Å². The van der Waals surface area contributed by atoms with Gasteiger partial charge in [0.2, 0.25) is 0 Å². The minimum Gasteiger partial charge on any atom is -0.468 e. The zero-order valence-corrected chi connectivity index (χ0v) is 5.16. The summed E-state index contributed by atoms with van der Waals surface area (Å²) >= 11 is 0. The van der Waals surface area contributed by atoms with Gasteiger partial charge in [-0.05, 0) is 19.1 Å². The predicted octanol–water partition coefficient (Wildman–Crippen LogP) is 1.91. The average Bonchev–Trinajstić information content (AvgIpc) is 2.37. The molecule has 0 amide bonds. The van der Waals surface area contributed by atoms with Gasteiger partial charge in [0.25, 0.3) is 0 Å². The van der Waals surface area contributed by atoms with E-state index in [0.717, 1.165) is 5.76 Å². The van der Waals surface area contributed by atoms with Gasteiger partial charge in [0.15, 0.2) is 0 Å². The SMILES string of the molecule is C[C@H](C#N)c1ccco1. The second kappa shape index (κ2) is 2.36. The summed E-state index contributed by atoms with van der Waals surface area (Å²) in [7, 11) is 0. The number of rotatable bonds is 1. The van der Waals surface area contributed by atoms with Gasteiger partial charge in [0.1, 0.15) is 11.7 Å². The van der Waals surface area contributed by atoms with Crippen molar-refractivity contribution in [1.82, 2.24) is 0 Å². The first-order valence-corrected chi connectivity index (χ1v) is 2.77. The highest BCUT2D eigenvalue weighted by atomic mass is 16.3. The largest absolute Gasteiger partial charge is 0.468 e. The lowest BCUT2D eigenvalue weighted by Gasteiger charge is -1.92. The predicted molar refractivity (Wildman–Crippen MR) is 32.7 cm³/mol. The van der Waals surface area contributed by atoms with Crippen LogP contribution in [0.1, 0.15) is 18.6 Å². The summed E-state index contributed by atoms with van der Waals surface area (Å²) in [6.45, 7) is 1.80. The topological polar surface area (TPSA) is 36.9 Å². The van der Waals surface area contributed by atoms with Crippen LogP contribution in [0.2, 0.25) is 0 Å². The van der Waals surface area contributed by atoms with E-state index in [-0.39, 0.29) is 5.92 Å². The number of furan rings is 1. The summed E-state index contributed by atoms with van der Waals surface area (Å²) < 4.78 is 4.96. The molecule has 0 N–H and O–H groups in total. The molecule has 2 heteroatoms. The minimum atomic E-state index is -0.125. The fourth-order valence-electron chi connectivity index (χ4n) is 0.601. The molecule has 1 atom stereocenters. The van der Waals surface area contributed by atoms with E-state index < -0.39 is 0 Å². The molecular weight excluding hydrogens is 114 g/mol. The molecular formula is C7H7NO. The highest BCUT2D eigenvalue weighted by Crippen LogP contribution is 2.12. The Bertz CT molecular complexity index is 207. The van der Waals surface area contributed by atoms with Crippen LogP contribution in [0.5, 0.6) is 0 Å². The average molecular weight is 121 g/mol. The van der Waals surface area contributed by atoms with Crippen LogP contribution in [-0.4, -0.2) is 0 Å². The van der Waals surface area contributed by atoms with Crippen molar-refractivity contribution < 1.29 is 4.42 Å². The van der Waals surface area contributed by atoms with E-state index in [1.54, 1.807) is 25.3 Å². The summed E-state index contributed by atoms with van der Waals surface area (Å²) in [4.78, 5) is 0. The van der Waals surface area contributed by atoms with Gasteiger partial charge >= 0.3 is 0 Å². The molecule has 46 valence electrons. The second-order valence-corrected chi connectivity index (χ2v) is 1.87. The molecule has 0 aliphatic carbocycles. The first kappa shape index (κ1) is 5.90. The molecule has 1 aromatic rings. The normalized spacial score (nSPS) is 12.4. The van der Waals surface area contributed by atoms with Crippen LogP contribution < -0.4 is 0 Å². The van der Waals surface area contributed by atoms with Gasteiger partial charge in [-0.1, -0.05) is 0 Å². The van der Waals surface area contributed by atoms with Crippen molar-refractivity contribution in [1.29, 1.82) is 5.26 Å². The molecule has 0 radical (unpaired) electrons. The Labute approximate surface area is 53.7 Å². The summed E-state index contributed by atoms with van der Waals surface area (Å²) in [6, 6.07) is 5.65. The summed E-state index contributed by atoms with van der Waals surface area (Å²) in [5.41, 5.74) is 0. The Hall–Kier alpha value is -1.23. The zero-order valence-electron chi connectivity index (χ0n) is 5.16. The molecule has 0 aliphatic rings. The van der Waals surface area contributed by atoms with Crippen molar-refractivity contribution in [3.05, 3.63) is 24.2 Å². The van der Waals surface area contributed by atoms with Crippen molar-refractivity contribution >= 4 is 0 Å². The van der Waals surface area contributed by atoms with E-state index in [4.69, 9.17) is 9.68 Å². The quantitative estimate of drug-likeness (QED) is 0.569. The van der Waals surface area contributed by atoms with Crippen LogP contribution in [0.25, 0.3) is 0 Å². The monoisotopic (exact) mass is 121 g/mol. The zero-order chi connectivity index (χ0) is 6.69. The first-order chi connectivity index (χ1) is 4.34. The summed E-state index contributed by atoms with van der Waals surface area (Å²) in [5.74, 6) is 0.609. The molecule has 0 aromatic carbocycles. The molecule has 1 aromatic heterocycles. The molecule has 9 heavy (non-hydrogen) atoms. The van der Waals surface area contributed by atoms with Gasteiger partial charge in [-0.15, -0.1) is 0 Å². The Morgan fingerprint density at radius 2 is 2.56 bits per heavy atom. The number of nitrogens with zero attached hydrogens (tertiary/aromatic N) is 1. The van der Waals surface area contributed by atoms with Crippen molar-refractivity contribution in [2.75, 3.05) is 0 Å². The number of hydrogen-bond acceptors (Lipinski definition) is 2. The van der Waals surface area contributed by atoms with E-state index in [1.807, 2.05) is 0 Å². The Kier molecular flexibility index (Phi) is 1.55. The lowest BCUT2D eigenvalue weighted by molar-refractivity contribution is 0.502. The van der Waals surface area contributed by atoms with Crippen LogP contribution in [0.3, 0.4) is 0 Å². The minimum absolute atomic E-state index is 0.125. The fourth-order valence-corrected chi connectivity index (χ4v) is 0.601. The van der Waals surface area contributed by atoms with Gasteiger partial charge in [-0.2, -0.15) is 5.26 Å².